The van der Waals surface area contributed by atoms with E-state index in [0.29, 0.717) is 0 Å². The molecule has 1 aromatic heterocycles. The van der Waals surface area contributed by atoms with E-state index in [4.69, 9.17) is 0 Å². The summed E-state index contributed by atoms with van der Waals surface area (Å²) in [5, 5.41) is 4.10. The molecule has 0 aromatic carbocycles. The minimum Gasteiger partial charge on any atom is -0.268 e. The summed E-state index contributed by atoms with van der Waals surface area (Å²) >= 11 is 0. The van der Waals surface area contributed by atoms with Crippen LogP contribution in [0, 0.1) is 6.92 Å². The third-order valence-corrected chi connectivity index (χ3v) is 1.57. The molecule has 0 amide bonds. The highest BCUT2D eigenvalue weighted by Gasteiger charge is 1.97. The van der Waals surface area contributed by atoms with Crippen molar-refractivity contribution < 1.29 is 0 Å². The summed E-state index contributed by atoms with van der Waals surface area (Å²) in [5.74, 6) is 0. The summed E-state index contributed by atoms with van der Waals surface area (Å²) in [7, 11) is 1.93. The smallest absolute Gasteiger partial charge is 0.0635 e. The van der Waals surface area contributed by atoms with Gasteiger partial charge in [-0.15, -0.1) is 0 Å². The molecule has 0 saturated heterocycles. The lowest BCUT2D eigenvalue weighted by Gasteiger charge is -1.94. The average molecular weight is 148 g/mol. The van der Waals surface area contributed by atoms with E-state index in [1.807, 2.05) is 37.0 Å². The van der Waals surface area contributed by atoms with Crippen molar-refractivity contribution in [1.29, 1.82) is 0 Å². The highest BCUT2D eigenvalue weighted by molar-refractivity contribution is 5.50. The van der Waals surface area contributed by atoms with E-state index < -0.39 is 0 Å². The van der Waals surface area contributed by atoms with Crippen molar-refractivity contribution >= 4 is 6.08 Å². The van der Waals surface area contributed by atoms with Crippen LogP contribution in [0.2, 0.25) is 0 Å². The van der Waals surface area contributed by atoms with Gasteiger partial charge in [0.25, 0.3) is 0 Å². The summed E-state index contributed by atoms with van der Waals surface area (Å²) in [6.45, 7) is 5.64. The highest BCUT2D eigenvalue weighted by Crippen LogP contribution is 2.06. The fourth-order valence-corrected chi connectivity index (χ4v) is 0.955. The quantitative estimate of drug-likeness (QED) is 0.586. The lowest BCUT2D eigenvalue weighted by atomic mass is 10.2. The first-order valence-electron chi connectivity index (χ1n) is 3.53. The van der Waals surface area contributed by atoms with Gasteiger partial charge in [-0.1, -0.05) is 18.7 Å². The maximum Gasteiger partial charge on any atom is 0.0635 e. The lowest BCUT2D eigenvalue weighted by Crippen LogP contribution is -1.92. The van der Waals surface area contributed by atoms with Crippen LogP contribution in [-0.2, 0) is 7.05 Å². The molecule has 0 N–H and O–H groups in total. The maximum atomic E-state index is 4.10. The summed E-state index contributed by atoms with van der Waals surface area (Å²) in [4.78, 5) is 0. The number of aromatic nitrogens is 2. The Bertz CT molecular complexity index is 262. The van der Waals surface area contributed by atoms with Crippen LogP contribution in [0.4, 0.5) is 0 Å². The van der Waals surface area contributed by atoms with Crippen LogP contribution in [0.25, 0.3) is 6.08 Å². The molecule has 1 heterocycles. The third kappa shape index (κ3) is 1.58. The largest absolute Gasteiger partial charge is 0.268 e. The molecule has 1 aromatic rings. The Labute approximate surface area is 66.8 Å². The molecule has 58 valence electrons. The molecule has 0 aliphatic heterocycles. The van der Waals surface area contributed by atoms with Crippen molar-refractivity contribution in [3.05, 3.63) is 36.2 Å². The Morgan fingerprint density at radius 1 is 1.64 bits per heavy atom. The van der Waals surface area contributed by atoms with E-state index in [0.717, 1.165) is 5.69 Å². The first kappa shape index (κ1) is 7.79. The molecule has 0 saturated carbocycles. The fraction of sp³-hybridized carbons (Fsp3) is 0.222. The van der Waals surface area contributed by atoms with Gasteiger partial charge in [-0.25, -0.2) is 0 Å². The maximum absolute atomic E-state index is 4.10. The van der Waals surface area contributed by atoms with Gasteiger partial charge in [-0.3, -0.25) is 4.68 Å². The fourth-order valence-electron chi connectivity index (χ4n) is 0.955. The van der Waals surface area contributed by atoms with Gasteiger partial charge in [0.1, 0.15) is 0 Å². The summed E-state index contributed by atoms with van der Waals surface area (Å²) in [5.41, 5.74) is 2.32. The van der Waals surface area contributed by atoms with Crippen LogP contribution >= 0.6 is 0 Å². The van der Waals surface area contributed by atoms with E-state index in [2.05, 4.69) is 11.7 Å². The van der Waals surface area contributed by atoms with Gasteiger partial charge in [-0.2, -0.15) is 5.10 Å². The Hall–Kier alpha value is -1.31. The molecule has 1 rings (SSSR count). The van der Waals surface area contributed by atoms with Crippen molar-refractivity contribution in [3.63, 3.8) is 0 Å². The van der Waals surface area contributed by atoms with Crippen molar-refractivity contribution in [3.8, 4) is 0 Å². The van der Waals surface area contributed by atoms with Crippen LogP contribution < -0.4 is 0 Å². The molecular formula is C9H12N2. The number of hydrogen-bond acceptors (Lipinski definition) is 1. The van der Waals surface area contributed by atoms with Crippen molar-refractivity contribution in [2.75, 3.05) is 0 Å². The normalized spacial score (nSPS) is 10.7. The van der Waals surface area contributed by atoms with E-state index in [9.17, 15) is 0 Å². The predicted molar refractivity (Wildman–Crippen MR) is 47.2 cm³/mol. The lowest BCUT2D eigenvalue weighted by molar-refractivity contribution is 0.759. The second-order valence-corrected chi connectivity index (χ2v) is 2.43. The Morgan fingerprint density at radius 2 is 2.36 bits per heavy atom. The van der Waals surface area contributed by atoms with Crippen molar-refractivity contribution in [2.45, 2.75) is 6.92 Å². The second-order valence-electron chi connectivity index (χ2n) is 2.43. The number of aryl methyl sites for hydroxylation is 2. The van der Waals surface area contributed by atoms with Crippen molar-refractivity contribution in [2.24, 2.45) is 7.05 Å². The Kier molecular flexibility index (Phi) is 2.26. The summed E-state index contributed by atoms with van der Waals surface area (Å²) < 4.78 is 1.84. The predicted octanol–water partition coefficient (Wildman–Crippen LogP) is 1.93. The summed E-state index contributed by atoms with van der Waals surface area (Å²) in [6.07, 6.45) is 7.51. The monoisotopic (exact) mass is 148 g/mol. The molecule has 0 spiro atoms. The zero-order chi connectivity index (χ0) is 8.27. The van der Waals surface area contributed by atoms with Crippen LogP contribution in [-0.4, -0.2) is 9.78 Å². The van der Waals surface area contributed by atoms with Gasteiger partial charge in [0, 0.05) is 7.05 Å². The van der Waals surface area contributed by atoms with E-state index in [-0.39, 0.29) is 0 Å². The van der Waals surface area contributed by atoms with Crippen LogP contribution in [0.5, 0.6) is 0 Å². The minimum absolute atomic E-state index is 1.13. The van der Waals surface area contributed by atoms with E-state index in [1.165, 1.54) is 5.56 Å². The molecule has 0 unspecified atom stereocenters. The van der Waals surface area contributed by atoms with Crippen LogP contribution in [0.1, 0.15) is 11.3 Å². The zero-order valence-electron chi connectivity index (χ0n) is 6.91. The number of allylic oxidation sites excluding steroid dienone is 2. The molecule has 11 heavy (non-hydrogen) atoms. The topological polar surface area (TPSA) is 17.8 Å². The van der Waals surface area contributed by atoms with Gasteiger partial charge < -0.3 is 0 Å². The Morgan fingerprint density at radius 3 is 2.82 bits per heavy atom. The average Bonchev–Trinajstić information content (AvgIpc) is 2.29. The molecule has 0 aliphatic carbocycles. The number of rotatable bonds is 2. The van der Waals surface area contributed by atoms with Crippen LogP contribution in [0.3, 0.4) is 0 Å². The molecule has 2 nitrogen and oxygen atoms in total. The molecular weight excluding hydrogens is 136 g/mol. The van der Waals surface area contributed by atoms with Gasteiger partial charge in [-0.05, 0) is 18.6 Å². The molecule has 0 aliphatic rings. The van der Waals surface area contributed by atoms with Gasteiger partial charge in [0.2, 0.25) is 0 Å². The molecule has 0 fully saturated rings. The highest BCUT2D eigenvalue weighted by atomic mass is 15.3. The first-order valence-corrected chi connectivity index (χ1v) is 3.53. The first-order chi connectivity index (χ1) is 5.25. The minimum atomic E-state index is 1.13. The van der Waals surface area contributed by atoms with E-state index >= 15 is 0 Å². The molecule has 0 bridgehead atoms. The number of hydrogen-bond donors (Lipinski definition) is 0. The Balaban J connectivity index is 3.00. The summed E-state index contributed by atoms with van der Waals surface area (Å²) in [6, 6.07) is 0. The third-order valence-electron chi connectivity index (χ3n) is 1.57. The molecule has 0 atom stereocenters. The van der Waals surface area contributed by atoms with Crippen LogP contribution in [0.15, 0.2) is 24.9 Å². The molecule has 2 heteroatoms. The van der Waals surface area contributed by atoms with Gasteiger partial charge >= 0.3 is 0 Å². The van der Waals surface area contributed by atoms with E-state index in [1.54, 1.807) is 6.08 Å². The van der Waals surface area contributed by atoms with Crippen molar-refractivity contribution in [1.82, 2.24) is 9.78 Å². The van der Waals surface area contributed by atoms with Gasteiger partial charge in [0.15, 0.2) is 0 Å². The molecule has 0 radical (unpaired) electrons. The number of nitrogens with zero attached hydrogens (tertiary/aromatic N) is 2. The second kappa shape index (κ2) is 3.19. The SMILES string of the molecule is C=C/C=C\c1c(C)cnn1C. The standard InChI is InChI=1S/C9H12N2/c1-4-5-6-9-8(2)7-10-11(9)3/h4-7H,1H2,2-3H3/b6-5-. The zero-order valence-corrected chi connectivity index (χ0v) is 6.91. The van der Waals surface area contributed by atoms with Gasteiger partial charge in [0.05, 0.1) is 11.9 Å².